The van der Waals surface area contributed by atoms with E-state index in [-0.39, 0.29) is 11.1 Å². The molecule has 0 bridgehead atoms. The van der Waals surface area contributed by atoms with Crippen LogP contribution in [0, 0.1) is 5.82 Å². The molecule has 0 amide bonds. The molecule has 0 aliphatic carbocycles. The third-order valence-electron chi connectivity index (χ3n) is 2.02. The molecular formula is C10H10FN3S. The fourth-order valence-corrected chi connectivity index (χ4v) is 2.15. The summed E-state index contributed by atoms with van der Waals surface area (Å²) in [4.78, 5) is 3.99. The van der Waals surface area contributed by atoms with Crippen molar-refractivity contribution < 1.29 is 4.39 Å². The molecule has 0 unspecified atom stereocenters. The number of aromatic amines is 1. The van der Waals surface area contributed by atoms with Crippen molar-refractivity contribution in [3.8, 4) is 0 Å². The fourth-order valence-electron chi connectivity index (χ4n) is 1.29. The number of halogens is 1. The van der Waals surface area contributed by atoms with E-state index in [1.807, 2.05) is 13.0 Å². The second kappa shape index (κ2) is 4.44. The van der Waals surface area contributed by atoms with Gasteiger partial charge in [0, 0.05) is 10.8 Å². The smallest absolute Gasteiger partial charge is 0.183 e. The molecule has 0 saturated carbocycles. The molecule has 0 saturated heterocycles. The van der Waals surface area contributed by atoms with Gasteiger partial charge in [0.15, 0.2) is 5.16 Å². The fraction of sp³-hybridized carbons (Fsp3) is 0.200. The number of thioether (sulfide) groups is 1. The zero-order chi connectivity index (χ0) is 10.7. The summed E-state index contributed by atoms with van der Waals surface area (Å²) in [6, 6.07) is 6.76. The molecule has 15 heavy (non-hydrogen) atoms. The summed E-state index contributed by atoms with van der Waals surface area (Å²) in [6.07, 6.45) is 1.44. The van der Waals surface area contributed by atoms with Gasteiger partial charge in [0.25, 0.3) is 0 Å². The molecule has 1 heterocycles. The summed E-state index contributed by atoms with van der Waals surface area (Å²) in [5.41, 5.74) is 0.680. The average Bonchev–Trinajstić information content (AvgIpc) is 2.71. The maximum Gasteiger partial charge on any atom is 0.183 e. The number of aromatic nitrogens is 3. The van der Waals surface area contributed by atoms with Gasteiger partial charge in [-0.25, -0.2) is 9.37 Å². The Labute approximate surface area is 91.1 Å². The van der Waals surface area contributed by atoms with Crippen LogP contribution in [-0.4, -0.2) is 15.2 Å². The van der Waals surface area contributed by atoms with Crippen molar-refractivity contribution in [3.05, 3.63) is 42.0 Å². The van der Waals surface area contributed by atoms with Crippen molar-refractivity contribution >= 4 is 11.8 Å². The largest absolute Gasteiger partial charge is 0.254 e. The Bertz CT molecular complexity index is 430. The van der Waals surface area contributed by atoms with E-state index in [9.17, 15) is 4.39 Å². The number of benzene rings is 1. The van der Waals surface area contributed by atoms with E-state index in [2.05, 4.69) is 15.2 Å². The van der Waals surface area contributed by atoms with Gasteiger partial charge in [0.1, 0.15) is 12.1 Å². The Hall–Kier alpha value is -1.36. The first-order chi connectivity index (χ1) is 7.27. The minimum absolute atomic E-state index is 0.0131. The maximum absolute atomic E-state index is 13.4. The Kier molecular flexibility index (Phi) is 3.01. The molecule has 1 aromatic carbocycles. The molecule has 1 aromatic heterocycles. The van der Waals surface area contributed by atoms with Gasteiger partial charge in [-0.2, -0.15) is 5.10 Å². The zero-order valence-corrected chi connectivity index (χ0v) is 8.96. The molecule has 0 spiro atoms. The van der Waals surface area contributed by atoms with Crippen molar-refractivity contribution in [2.75, 3.05) is 0 Å². The highest BCUT2D eigenvalue weighted by atomic mass is 32.2. The first kappa shape index (κ1) is 10.2. The normalized spacial score (nSPS) is 12.7. The van der Waals surface area contributed by atoms with Crippen molar-refractivity contribution in [1.29, 1.82) is 0 Å². The third kappa shape index (κ3) is 2.36. The van der Waals surface area contributed by atoms with E-state index in [1.165, 1.54) is 24.2 Å². The molecule has 78 valence electrons. The van der Waals surface area contributed by atoms with Gasteiger partial charge in [-0.05, 0) is 13.0 Å². The number of rotatable bonds is 3. The van der Waals surface area contributed by atoms with Gasteiger partial charge in [0.2, 0.25) is 0 Å². The maximum atomic E-state index is 13.4. The van der Waals surface area contributed by atoms with Crippen LogP contribution < -0.4 is 0 Å². The van der Waals surface area contributed by atoms with Crippen LogP contribution in [0.5, 0.6) is 0 Å². The monoisotopic (exact) mass is 223 g/mol. The Balaban J connectivity index is 2.15. The molecule has 5 heteroatoms. The Morgan fingerprint density at radius 3 is 2.87 bits per heavy atom. The van der Waals surface area contributed by atoms with Crippen molar-refractivity contribution in [2.45, 2.75) is 17.3 Å². The summed E-state index contributed by atoms with van der Waals surface area (Å²) in [5.74, 6) is -0.183. The molecule has 2 aromatic rings. The lowest BCUT2D eigenvalue weighted by molar-refractivity contribution is 0.611. The average molecular weight is 223 g/mol. The van der Waals surface area contributed by atoms with Crippen LogP contribution in [-0.2, 0) is 0 Å². The van der Waals surface area contributed by atoms with Crippen LogP contribution in [0.3, 0.4) is 0 Å². The number of hydrogen-bond donors (Lipinski definition) is 1. The number of nitrogens with zero attached hydrogens (tertiary/aromatic N) is 2. The van der Waals surface area contributed by atoms with E-state index in [1.54, 1.807) is 12.1 Å². The Morgan fingerprint density at radius 2 is 2.20 bits per heavy atom. The lowest BCUT2D eigenvalue weighted by Crippen LogP contribution is -1.93. The van der Waals surface area contributed by atoms with Gasteiger partial charge in [-0.1, -0.05) is 30.0 Å². The van der Waals surface area contributed by atoms with E-state index >= 15 is 0 Å². The molecule has 0 fully saturated rings. The third-order valence-corrected chi connectivity index (χ3v) is 3.05. The van der Waals surface area contributed by atoms with Crippen molar-refractivity contribution in [2.24, 2.45) is 0 Å². The van der Waals surface area contributed by atoms with Gasteiger partial charge < -0.3 is 0 Å². The van der Waals surface area contributed by atoms with Crippen LogP contribution in [0.15, 0.2) is 35.7 Å². The summed E-state index contributed by atoms with van der Waals surface area (Å²) >= 11 is 1.45. The summed E-state index contributed by atoms with van der Waals surface area (Å²) < 4.78 is 13.4. The minimum atomic E-state index is -0.183. The minimum Gasteiger partial charge on any atom is -0.254 e. The van der Waals surface area contributed by atoms with Gasteiger partial charge in [0.05, 0.1) is 0 Å². The summed E-state index contributed by atoms with van der Waals surface area (Å²) in [5, 5.41) is 7.19. The van der Waals surface area contributed by atoms with E-state index in [0.29, 0.717) is 10.7 Å². The predicted octanol–water partition coefficient (Wildman–Crippen LogP) is 2.80. The molecule has 2 rings (SSSR count). The first-order valence-corrected chi connectivity index (χ1v) is 5.42. The van der Waals surface area contributed by atoms with Crippen LogP contribution >= 0.6 is 11.8 Å². The van der Waals surface area contributed by atoms with Gasteiger partial charge >= 0.3 is 0 Å². The lowest BCUT2D eigenvalue weighted by atomic mass is 10.1. The first-order valence-electron chi connectivity index (χ1n) is 4.54. The topological polar surface area (TPSA) is 41.6 Å². The number of hydrogen-bond acceptors (Lipinski definition) is 3. The number of H-pyrrole nitrogens is 1. The highest BCUT2D eigenvalue weighted by Crippen LogP contribution is 2.33. The lowest BCUT2D eigenvalue weighted by Gasteiger charge is -2.09. The van der Waals surface area contributed by atoms with Crippen molar-refractivity contribution in [1.82, 2.24) is 15.2 Å². The van der Waals surface area contributed by atoms with Crippen LogP contribution in [0.4, 0.5) is 4.39 Å². The van der Waals surface area contributed by atoms with Crippen LogP contribution in [0.2, 0.25) is 0 Å². The molecular weight excluding hydrogens is 213 g/mol. The molecule has 0 radical (unpaired) electrons. The predicted molar refractivity (Wildman–Crippen MR) is 57.1 cm³/mol. The summed E-state index contributed by atoms with van der Waals surface area (Å²) in [6.45, 7) is 1.94. The van der Waals surface area contributed by atoms with Gasteiger partial charge in [-0.15, -0.1) is 0 Å². The molecule has 1 atom stereocenters. The molecule has 0 aliphatic rings. The zero-order valence-electron chi connectivity index (χ0n) is 8.14. The standard InChI is InChI=1S/C10H10FN3S/c1-7(15-10-12-6-13-14-10)8-4-2-3-5-9(8)11/h2-7H,1H3,(H,12,13,14)/t7-/m1/s1. The SMILES string of the molecule is C[C@@H](Sc1ncn[nH]1)c1ccccc1F. The second-order valence-electron chi connectivity index (χ2n) is 3.07. The molecule has 0 aliphatic heterocycles. The van der Waals surface area contributed by atoms with Crippen LogP contribution in [0.25, 0.3) is 0 Å². The van der Waals surface area contributed by atoms with Crippen molar-refractivity contribution in [3.63, 3.8) is 0 Å². The highest BCUT2D eigenvalue weighted by molar-refractivity contribution is 7.99. The van der Waals surface area contributed by atoms with E-state index in [0.717, 1.165) is 0 Å². The quantitative estimate of drug-likeness (QED) is 0.813. The summed E-state index contributed by atoms with van der Waals surface area (Å²) in [7, 11) is 0. The Morgan fingerprint density at radius 1 is 1.40 bits per heavy atom. The molecule has 3 nitrogen and oxygen atoms in total. The number of nitrogens with one attached hydrogen (secondary N) is 1. The highest BCUT2D eigenvalue weighted by Gasteiger charge is 2.12. The van der Waals surface area contributed by atoms with E-state index in [4.69, 9.17) is 0 Å². The van der Waals surface area contributed by atoms with Gasteiger partial charge in [-0.3, -0.25) is 5.10 Å². The van der Waals surface area contributed by atoms with E-state index < -0.39 is 0 Å². The molecule has 1 N–H and O–H groups in total. The van der Waals surface area contributed by atoms with Crippen LogP contribution in [0.1, 0.15) is 17.7 Å². The second-order valence-corrected chi connectivity index (χ2v) is 4.40.